The summed E-state index contributed by atoms with van der Waals surface area (Å²) in [5.74, 6) is -0.605. The third-order valence-electron chi connectivity index (χ3n) is 2.08. The summed E-state index contributed by atoms with van der Waals surface area (Å²) in [6.45, 7) is 0.472. The average molecular weight is 250 g/mol. The Kier molecular flexibility index (Phi) is 3.70. The Hall–Kier alpha value is -1.35. The molecule has 0 radical (unpaired) electrons. The molecule has 0 aromatic heterocycles. The van der Waals surface area contributed by atoms with Crippen molar-refractivity contribution in [2.75, 3.05) is 25.9 Å². The molecule has 92 valence electrons. The SMILES string of the molecule is CS(=O)(=O)NCCN1CC(C(N)=O)NC1=O. The number of urea groups is 1. The van der Waals surface area contributed by atoms with Crippen LogP contribution in [0.1, 0.15) is 0 Å². The van der Waals surface area contributed by atoms with E-state index in [0.717, 1.165) is 6.26 Å². The van der Waals surface area contributed by atoms with Crippen molar-refractivity contribution < 1.29 is 18.0 Å². The molecule has 16 heavy (non-hydrogen) atoms. The summed E-state index contributed by atoms with van der Waals surface area (Å²) >= 11 is 0. The predicted octanol–water partition coefficient (Wildman–Crippen LogP) is -2.59. The molecule has 1 rings (SSSR count). The van der Waals surface area contributed by atoms with Crippen LogP contribution in [-0.4, -0.2) is 57.2 Å². The second-order valence-electron chi connectivity index (χ2n) is 3.52. The zero-order valence-electron chi connectivity index (χ0n) is 8.76. The van der Waals surface area contributed by atoms with Gasteiger partial charge < -0.3 is 16.0 Å². The van der Waals surface area contributed by atoms with E-state index in [9.17, 15) is 18.0 Å². The van der Waals surface area contributed by atoms with Gasteiger partial charge >= 0.3 is 6.03 Å². The highest BCUT2D eigenvalue weighted by atomic mass is 32.2. The second kappa shape index (κ2) is 4.66. The Morgan fingerprint density at radius 1 is 1.69 bits per heavy atom. The van der Waals surface area contributed by atoms with Crippen LogP contribution in [0.25, 0.3) is 0 Å². The topological polar surface area (TPSA) is 122 Å². The van der Waals surface area contributed by atoms with Crippen molar-refractivity contribution in [3.8, 4) is 0 Å². The number of nitrogens with zero attached hydrogens (tertiary/aromatic N) is 1. The second-order valence-corrected chi connectivity index (χ2v) is 5.35. The number of sulfonamides is 1. The molecule has 0 aliphatic carbocycles. The van der Waals surface area contributed by atoms with Gasteiger partial charge in [0.25, 0.3) is 0 Å². The van der Waals surface area contributed by atoms with Crippen molar-refractivity contribution in [3.05, 3.63) is 0 Å². The van der Waals surface area contributed by atoms with E-state index in [1.807, 2.05) is 0 Å². The van der Waals surface area contributed by atoms with E-state index < -0.39 is 28.0 Å². The van der Waals surface area contributed by atoms with E-state index >= 15 is 0 Å². The molecule has 0 bridgehead atoms. The summed E-state index contributed by atoms with van der Waals surface area (Å²) in [4.78, 5) is 23.4. The zero-order chi connectivity index (χ0) is 12.3. The molecule has 1 aliphatic rings. The van der Waals surface area contributed by atoms with Gasteiger partial charge in [0.15, 0.2) is 0 Å². The Bertz CT molecular complexity index is 393. The smallest absolute Gasteiger partial charge is 0.318 e. The molecule has 1 fully saturated rings. The normalized spacial score (nSPS) is 20.9. The molecule has 1 heterocycles. The molecule has 1 unspecified atom stereocenters. The van der Waals surface area contributed by atoms with E-state index in [4.69, 9.17) is 5.73 Å². The van der Waals surface area contributed by atoms with Crippen LogP contribution in [0.4, 0.5) is 4.79 Å². The lowest BCUT2D eigenvalue weighted by molar-refractivity contribution is -0.119. The molecule has 4 N–H and O–H groups in total. The zero-order valence-corrected chi connectivity index (χ0v) is 9.58. The van der Waals surface area contributed by atoms with E-state index in [1.165, 1.54) is 4.90 Å². The number of carbonyl (C=O) groups excluding carboxylic acids is 2. The number of hydrogen-bond acceptors (Lipinski definition) is 4. The number of hydrogen-bond donors (Lipinski definition) is 3. The lowest BCUT2D eigenvalue weighted by Gasteiger charge is -2.13. The molecule has 0 aromatic carbocycles. The van der Waals surface area contributed by atoms with Crippen LogP contribution in [0.3, 0.4) is 0 Å². The van der Waals surface area contributed by atoms with Gasteiger partial charge in [0, 0.05) is 13.1 Å². The fourth-order valence-corrected chi connectivity index (χ4v) is 1.77. The van der Waals surface area contributed by atoms with Crippen molar-refractivity contribution >= 4 is 22.0 Å². The molecule has 0 saturated carbocycles. The van der Waals surface area contributed by atoms with Gasteiger partial charge in [0.2, 0.25) is 15.9 Å². The number of carbonyl (C=O) groups is 2. The minimum absolute atomic E-state index is 0.109. The van der Waals surface area contributed by atoms with Gasteiger partial charge in [-0.15, -0.1) is 0 Å². The molecular weight excluding hydrogens is 236 g/mol. The van der Waals surface area contributed by atoms with Gasteiger partial charge in [-0.2, -0.15) is 0 Å². The molecule has 1 atom stereocenters. The quantitative estimate of drug-likeness (QED) is 0.496. The summed E-state index contributed by atoms with van der Waals surface area (Å²) in [6.07, 6.45) is 1.03. The maximum absolute atomic E-state index is 11.3. The van der Waals surface area contributed by atoms with Crippen molar-refractivity contribution in [1.29, 1.82) is 0 Å². The van der Waals surface area contributed by atoms with Gasteiger partial charge in [0.05, 0.1) is 12.8 Å². The van der Waals surface area contributed by atoms with E-state index in [2.05, 4.69) is 10.0 Å². The highest BCUT2D eigenvalue weighted by Gasteiger charge is 2.31. The standard InChI is InChI=1S/C7H14N4O4S/c1-16(14,15)9-2-3-11-4-5(6(8)12)10-7(11)13/h5,9H,2-4H2,1H3,(H2,8,12)(H,10,13). The van der Waals surface area contributed by atoms with Crippen molar-refractivity contribution in [1.82, 2.24) is 14.9 Å². The maximum Gasteiger partial charge on any atom is 0.318 e. The van der Waals surface area contributed by atoms with Crippen LogP contribution in [0, 0.1) is 0 Å². The molecule has 0 spiro atoms. The average Bonchev–Trinajstić information content (AvgIpc) is 2.46. The summed E-state index contributed by atoms with van der Waals surface area (Å²) < 4.78 is 23.8. The highest BCUT2D eigenvalue weighted by Crippen LogP contribution is 2.02. The first kappa shape index (κ1) is 12.7. The van der Waals surface area contributed by atoms with Crippen molar-refractivity contribution in [2.45, 2.75) is 6.04 Å². The fourth-order valence-electron chi connectivity index (χ4n) is 1.31. The lowest BCUT2D eigenvalue weighted by atomic mass is 10.3. The van der Waals surface area contributed by atoms with Crippen LogP contribution < -0.4 is 15.8 Å². The summed E-state index contributed by atoms with van der Waals surface area (Å²) in [7, 11) is -3.26. The summed E-state index contributed by atoms with van der Waals surface area (Å²) in [5.41, 5.74) is 5.03. The first-order valence-corrected chi connectivity index (χ1v) is 6.48. The number of rotatable bonds is 5. The fraction of sp³-hybridized carbons (Fsp3) is 0.714. The predicted molar refractivity (Wildman–Crippen MR) is 55.9 cm³/mol. The molecule has 1 aliphatic heterocycles. The Labute approximate surface area is 93.2 Å². The van der Waals surface area contributed by atoms with Crippen LogP contribution >= 0.6 is 0 Å². The third kappa shape index (κ3) is 3.66. The molecule has 1 saturated heterocycles. The van der Waals surface area contributed by atoms with E-state index in [1.54, 1.807) is 0 Å². The minimum atomic E-state index is -3.26. The van der Waals surface area contributed by atoms with Gasteiger partial charge in [-0.05, 0) is 0 Å². The maximum atomic E-state index is 11.3. The van der Waals surface area contributed by atoms with Crippen molar-refractivity contribution in [3.63, 3.8) is 0 Å². The van der Waals surface area contributed by atoms with Crippen LogP contribution in [0.5, 0.6) is 0 Å². The van der Waals surface area contributed by atoms with E-state index in [-0.39, 0.29) is 19.6 Å². The van der Waals surface area contributed by atoms with Gasteiger partial charge in [-0.1, -0.05) is 0 Å². The third-order valence-corrected chi connectivity index (χ3v) is 2.81. The monoisotopic (exact) mass is 250 g/mol. The number of amides is 3. The summed E-state index contributed by atoms with van der Waals surface area (Å²) in [5, 5.41) is 2.39. The van der Waals surface area contributed by atoms with E-state index in [0.29, 0.717) is 0 Å². The Morgan fingerprint density at radius 2 is 2.31 bits per heavy atom. The molecular formula is C7H14N4O4S. The van der Waals surface area contributed by atoms with Crippen LogP contribution in [0.2, 0.25) is 0 Å². The molecule has 3 amide bonds. The first-order valence-electron chi connectivity index (χ1n) is 4.59. The largest absolute Gasteiger partial charge is 0.368 e. The Morgan fingerprint density at radius 3 is 2.75 bits per heavy atom. The highest BCUT2D eigenvalue weighted by molar-refractivity contribution is 7.88. The minimum Gasteiger partial charge on any atom is -0.368 e. The van der Waals surface area contributed by atoms with Gasteiger partial charge in [-0.3, -0.25) is 4.79 Å². The lowest BCUT2D eigenvalue weighted by Crippen LogP contribution is -2.39. The van der Waals surface area contributed by atoms with Gasteiger partial charge in [-0.25, -0.2) is 17.9 Å². The number of nitrogens with two attached hydrogens (primary N) is 1. The Balaban J connectivity index is 2.39. The summed E-state index contributed by atoms with van der Waals surface area (Å²) in [6, 6.07) is -1.12. The van der Waals surface area contributed by atoms with Crippen LogP contribution in [0.15, 0.2) is 0 Å². The van der Waals surface area contributed by atoms with Gasteiger partial charge in [0.1, 0.15) is 6.04 Å². The number of nitrogens with one attached hydrogen (secondary N) is 2. The first-order chi connectivity index (χ1) is 7.29. The van der Waals surface area contributed by atoms with Crippen molar-refractivity contribution in [2.24, 2.45) is 5.73 Å². The molecule has 0 aromatic rings. The number of primary amides is 1. The van der Waals surface area contributed by atoms with Crippen LogP contribution in [-0.2, 0) is 14.8 Å². The molecule has 8 nitrogen and oxygen atoms in total. The molecule has 9 heteroatoms.